The first kappa shape index (κ1) is 15.0. The summed E-state index contributed by atoms with van der Waals surface area (Å²) in [5.74, 6) is 0. The van der Waals surface area contributed by atoms with E-state index in [2.05, 4.69) is 45.5 Å². The minimum absolute atomic E-state index is 1.13. The molecule has 0 aliphatic heterocycles. The van der Waals surface area contributed by atoms with Gasteiger partial charge in [0, 0.05) is 0 Å². The summed E-state index contributed by atoms with van der Waals surface area (Å²) in [7, 11) is 0. The quantitative estimate of drug-likeness (QED) is 0.646. The molecule has 0 saturated carbocycles. The summed E-state index contributed by atoms with van der Waals surface area (Å²) in [5.41, 5.74) is 5.42. The molecular weight excluding hydrogens is 192 g/mol. The first-order valence-electron chi connectivity index (χ1n) is 6.46. The van der Waals surface area contributed by atoms with Crippen LogP contribution in [0.25, 0.3) is 5.57 Å². The van der Waals surface area contributed by atoms with Gasteiger partial charge < -0.3 is 0 Å². The van der Waals surface area contributed by atoms with Crippen molar-refractivity contribution in [2.24, 2.45) is 0 Å². The monoisotopic (exact) mass is 218 g/mol. The van der Waals surface area contributed by atoms with Crippen LogP contribution < -0.4 is 0 Å². The molecule has 0 amide bonds. The van der Waals surface area contributed by atoms with Crippen LogP contribution in [-0.2, 0) is 12.8 Å². The summed E-state index contributed by atoms with van der Waals surface area (Å²) in [6, 6.07) is 6.72. The summed E-state index contributed by atoms with van der Waals surface area (Å²) in [5, 5.41) is 0. The van der Waals surface area contributed by atoms with Crippen LogP contribution in [0, 0.1) is 0 Å². The lowest BCUT2D eigenvalue weighted by molar-refractivity contribution is 0.898. The van der Waals surface area contributed by atoms with Gasteiger partial charge in [0.2, 0.25) is 0 Å². The van der Waals surface area contributed by atoms with Gasteiger partial charge in [0.15, 0.2) is 0 Å². The number of aryl methyl sites for hydroxylation is 2. The largest absolute Gasteiger partial charge is 0.0955 e. The zero-order valence-corrected chi connectivity index (χ0v) is 11.6. The smallest absolute Gasteiger partial charge is 0.0230 e. The van der Waals surface area contributed by atoms with E-state index >= 15 is 0 Å². The molecule has 16 heavy (non-hydrogen) atoms. The number of rotatable bonds is 4. The minimum atomic E-state index is 1.13. The average Bonchev–Trinajstić information content (AvgIpc) is 2.32. The van der Waals surface area contributed by atoms with Crippen LogP contribution in [0.15, 0.2) is 24.8 Å². The Kier molecular flexibility index (Phi) is 7.62. The molecule has 0 bridgehead atoms. The highest BCUT2D eigenvalue weighted by Crippen LogP contribution is 2.19. The highest BCUT2D eigenvalue weighted by Gasteiger charge is 2.01. The third-order valence-corrected chi connectivity index (χ3v) is 2.60. The first-order chi connectivity index (χ1) is 7.69. The fourth-order valence-corrected chi connectivity index (χ4v) is 1.74. The molecule has 0 nitrogen and oxygen atoms in total. The van der Waals surface area contributed by atoms with Crippen molar-refractivity contribution in [2.75, 3.05) is 0 Å². The Morgan fingerprint density at radius 3 is 2.19 bits per heavy atom. The highest BCUT2D eigenvalue weighted by molar-refractivity contribution is 5.62. The first-order valence-corrected chi connectivity index (χ1v) is 6.46. The summed E-state index contributed by atoms with van der Waals surface area (Å²) >= 11 is 0. The molecule has 90 valence electrons. The lowest BCUT2D eigenvalue weighted by Gasteiger charge is -2.09. The average molecular weight is 218 g/mol. The molecule has 0 heterocycles. The van der Waals surface area contributed by atoms with Crippen molar-refractivity contribution in [2.45, 2.75) is 53.9 Å². The van der Waals surface area contributed by atoms with E-state index in [0.717, 1.165) is 12.0 Å². The Balaban J connectivity index is 0.00000106. The van der Waals surface area contributed by atoms with Gasteiger partial charge in [-0.3, -0.25) is 0 Å². The standard InChI is InChI=1S/C14H20.C2H6/c1-5-7-14-10-13(11(3)4)9-8-12(14)6-2;1-2/h8-10H,3,5-7H2,1-2,4H3;1-2H3. The maximum atomic E-state index is 3.98. The van der Waals surface area contributed by atoms with Crippen LogP contribution in [0.1, 0.15) is 57.7 Å². The Bertz CT molecular complexity index is 321. The molecule has 0 unspecified atom stereocenters. The Hall–Kier alpha value is -1.04. The van der Waals surface area contributed by atoms with Crippen LogP contribution in [0.5, 0.6) is 0 Å². The highest BCUT2D eigenvalue weighted by atomic mass is 14.1. The van der Waals surface area contributed by atoms with Crippen molar-refractivity contribution in [3.8, 4) is 0 Å². The molecule has 1 aromatic rings. The van der Waals surface area contributed by atoms with E-state index in [0.29, 0.717) is 0 Å². The molecule has 0 spiro atoms. The van der Waals surface area contributed by atoms with Crippen LogP contribution >= 0.6 is 0 Å². The van der Waals surface area contributed by atoms with E-state index in [9.17, 15) is 0 Å². The molecule has 0 aromatic heterocycles. The van der Waals surface area contributed by atoms with Gasteiger partial charge in [-0.2, -0.15) is 0 Å². The lowest BCUT2D eigenvalue weighted by atomic mass is 9.96. The van der Waals surface area contributed by atoms with E-state index < -0.39 is 0 Å². The van der Waals surface area contributed by atoms with Gasteiger partial charge in [0.1, 0.15) is 0 Å². The predicted octanol–water partition coefficient (Wildman–Crippen LogP) is 5.26. The number of benzene rings is 1. The topological polar surface area (TPSA) is 0 Å². The van der Waals surface area contributed by atoms with Gasteiger partial charge in [-0.1, -0.05) is 64.5 Å². The molecule has 0 fully saturated rings. The van der Waals surface area contributed by atoms with Crippen molar-refractivity contribution >= 4 is 5.57 Å². The maximum absolute atomic E-state index is 3.98. The van der Waals surface area contributed by atoms with Crippen molar-refractivity contribution in [3.05, 3.63) is 41.5 Å². The van der Waals surface area contributed by atoms with Crippen molar-refractivity contribution in [3.63, 3.8) is 0 Å². The number of hydrogen-bond donors (Lipinski definition) is 0. The van der Waals surface area contributed by atoms with Gasteiger partial charge in [-0.15, -0.1) is 0 Å². The summed E-state index contributed by atoms with van der Waals surface area (Å²) in [6.07, 6.45) is 3.53. The van der Waals surface area contributed by atoms with Crippen molar-refractivity contribution in [1.82, 2.24) is 0 Å². The van der Waals surface area contributed by atoms with E-state index in [4.69, 9.17) is 0 Å². The van der Waals surface area contributed by atoms with E-state index in [1.165, 1.54) is 29.5 Å². The van der Waals surface area contributed by atoms with Crippen LogP contribution in [0.2, 0.25) is 0 Å². The van der Waals surface area contributed by atoms with Crippen molar-refractivity contribution < 1.29 is 0 Å². The minimum Gasteiger partial charge on any atom is -0.0955 e. The molecule has 0 saturated heterocycles. The Morgan fingerprint density at radius 2 is 1.75 bits per heavy atom. The second-order valence-electron chi connectivity index (χ2n) is 3.87. The predicted molar refractivity (Wildman–Crippen MR) is 75.9 cm³/mol. The third-order valence-electron chi connectivity index (χ3n) is 2.60. The Labute approximate surface area is 101 Å². The van der Waals surface area contributed by atoms with Gasteiger partial charge >= 0.3 is 0 Å². The second-order valence-corrected chi connectivity index (χ2v) is 3.87. The van der Waals surface area contributed by atoms with E-state index in [1.807, 2.05) is 13.8 Å². The molecule has 0 N–H and O–H groups in total. The van der Waals surface area contributed by atoms with Crippen molar-refractivity contribution in [1.29, 1.82) is 0 Å². The third kappa shape index (κ3) is 4.22. The van der Waals surface area contributed by atoms with Gasteiger partial charge in [0.05, 0.1) is 0 Å². The summed E-state index contributed by atoms with van der Waals surface area (Å²) in [6.45, 7) is 14.5. The second kappa shape index (κ2) is 8.15. The van der Waals surface area contributed by atoms with Gasteiger partial charge in [0.25, 0.3) is 0 Å². The van der Waals surface area contributed by atoms with Crippen LogP contribution in [0.4, 0.5) is 0 Å². The van der Waals surface area contributed by atoms with E-state index in [-0.39, 0.29) is 0 Å². The summed E-state index contributed by atoms with van der Waals surface area (Å²) < 4.78 is 0. The number of hydrogen-bond acceptors (Lipinski definition) is 0. The maximum Gasteiger partial charge on any atom is -0.0230 e. The Morgan fingerprint density at radius 1 is 1.12 bits per heavy atom. The van der Waals surface area contributed by atoms with E-state index in [1.54, 1.807) is 0 Å². The van der Waals surface area contributed by atoms with Gasteiger partial charge in [-0.25, -0.2) is 0 Å². The zero-order chi connectivity index (χ0) is 12.6. The molecule has 0 atom stereocenters. The van der Waals surface area contributed by atoms with Crippen LogP contribution in [-0.4, -0.2) is 0 Å². The zero-order valence-electron chi connectivity index (χ0n) is 11.6. The normalized spacial score (nSPS) is 9.31. The molecular formula is C16H26. The lowest BCUT2D eigenvalue weighted by Crippen LogP contribution is -1.94. The molecule has 1 aromatic carbocycles. The molecule has 0 radical (unpaired) electrons. The number of allylic oxidation sites excluding steroid dienone is 1. The van der Waals surface area contributed by atoms with Crippen LogP contribution in [0.3, 0.4) is 0 Å². The molecule has 0 aliphatic rings. The molecule has 0 heteroatoms. The fourth-order valence-electron chi connectivity index (χ4n) is 1.74. The SMILES string of the molecule is C=C(C)c1ccc(CC)c(CCC)c1.CC. The summed E-state index contributed by atoms with van der Waals surface area (Å²) in [4.78, 5) is 0. The molecule has 1 rings (SSSR count). The molecule has 0 aliphatic carbocycles. The fraction of sp³-hybridized carbons (Fsp3) is 0.500. The van der Waals surface area contributed by atoms with Gasteiger partial charge in [-0.05, 0) is 36.5 Å².